The molecule has 3 aliphatic rings. The van der Waals surface area contributed by atoms with Crippen molar-refractivity contribution in [3.05, 3.63) is 110 Å². The van der Waals surface area contributed by atoms with Crippen LogP contribution in [0.15, 0.2) is 110 Å². The van der Waals surface area contributed by atoms with Gasteiger partial charge in [-0.1, -0.05) is 124 Å². The highest BCUT2D eigenvalue weighted by atomic mass is 16.7. The van der Waals surface area contributed by atoms with Crippen LogP contribution in [0, 0.1) is 17.8 Å². The highest BCUT2D eigenvalue weighted by Crippen LogP contribution is 2.40. The maximum absolute atomic E-state index is 13.1. The zero-order chi connectivity index (χ0) is 57.2. The highest BCUT2D eigenvalue weighted by Gasteiger charge is 2.53. The molecule has 3 heterocycles. The number of hydrogen-bond donors (Lipinski definition) is 11. The number of aliphatic hydroxyl groups excluding tert-OH is 8. The number of ether oxygens (including phenoxy) is 7. The van der Waals surface area contributed by atoms with Crippen LogP contribution in [-0.4, -0.2) is 186 Å². The van der Waals surface area contributed by atoms with Crippen LogP contribution in [0.4, 0.5) is 9.59 Å². The first kappa shape index (κ1) is 65.9. The third kappa shape index (κ3) is 23.3. The van der Waals surface area contributed by atoms with Crippen LogP contribution in [-0.2, 0) is 42.7 Å². The Morgan fingerprint density at radius 3 is 1.88 bits per heavy atom. The Kier molecular flexibility index (Phi) is 29.0. The second-order valence-corrected chi connectivity index (χ2v) is 19.5. The van der Waals surface area contributed by atoms with E-state index in [9.17, 15) is 70.2 Å². The molecule has 2 fully saturated rings. The predicted molar refractivity (Wildman–Crippen MR) is 278 cm³/mol. The van der Waals surface area contributed by atoms with E-state index < -0.39 is 166 Å². The minimum atomic E-state index is -2.50. The van der Waals surface area contributed by atoms with Crippen molar-refractivity contribution < 1.29 is 103 Å². The number of carbonyl (C=O) groups excluding carboxylic acids is 3. The van der Waals surface area contributed by atoms with Crippen molar-refractivity contribution >= 4 is 24.2 Å². The summed E-state index contributed by atoms with van der Waals surface area (Å²) in [4.78, 5) is 51.2. The number of nitrogens with one attached hydrogen (secondary N) is 1. The summed E-state index contributed by atoms with van der Waals surface area (Å²) < 4.78 is 39.0. The summed E-state index contributed by atoms with van der Waals surface area (Å²) in [6, 6.07) is -1.40. The number of allylic oxidation sites excluding steroid dienone is 12. The zero-order valence-corrected chi connectivity index (χ0v) is 44.1. The van der Waals surface area contributed by atoms with Gasteiger partial charge in [0.15, 0.2) is 12.1 Å². The van der Waals surface area contributed by atoms with Gasteiger partial charge in [0, 0.05) is 37.5 Å². The molecule has 432 valence electrons. The van der Waals surface area contributed by atoms with Crippen LogP contribution in [0.2, 0.25) is 0 Å². The van der Waals surface area contributed by atoms with Gasteiger partial charge < -0.3 is 89.5 Å². The number of alkyl carbamates (subject to hydrolysis) is 1. The molecule has 3 aliphatic heterocycles. The molecule has 77 heavy (non-hydrogen) atoms. The summed E-state index contributed by atoms with van der Waals surface area (Å²) in [5, 5.41) is 113. The Balaban J connectivity index is 2.02. The number of carbonyl (C=O) groups is 4. The average Bonchev–Trinajstić information content (AvgIpc) is 3.36. The summed E-state index contributed by atoms with van der Waals surface area (Å²) in [7, 11) is 0. The molecule has 0 aromatic carbocycles. The number of aliphatic carboxylic acids is 1. The fraction of sp³-hybridized carbons (Fsp3) is 0.600. The summed E-state index contributed by atoms with van der Waals surface area (Å²) in [6.45, 7) is 13.1. The van der Waals surface area contributed by atoms with Crippen molar-refractivity contribution in [1.29, 1.82) is 0 Å². The fourth-order valence-corrected chi connectivity index (χ4v) is 8.79. The highest BCUT2D eigenvalue weighted by molar-refractivity contribution is 5.72. The molecule has 0 unspecified atom stereocenters. The second kappa shape index (κ2) is 33.8. The van der Waals surface area contributed by atoms with Gasteiger partial charge >= 0.3 is 24.2 Å². The standard InChI is InChI=1S/C55H81NO21/c1-7-25-71-53(68)56-47-49(64)36(6)74-52(50(47)65)75-40-22-20-18-16-14-12-10-9-11-13-15-17-19-21-33(3)48(63)34(4)35(5)73-45(62)29-38(58)27-37(57)23-24-41(60)42(61)28-39(59)31-55(70)32-44(76-54(69)72-26-8-2)46(51(66)67)43(30-40)77-55/h7-22,33-44,46-50,52,57-61,63-65,70H,1-2,23-32H2,3-6H3,(H,56,68)(H,66,67)/b10-9+,13-11+,14-12+,17-15+,18-16+,21-19+,22-20+/t33-,34-,35-,36+,37+,38+,39-,40-,41+,42+,43-,44-,46-,47-,48+,49+,50-,52-,55+/m0/s1. The van der Waals surface area contributed by atoms with Gasteiger partial charge in [0.1, 0.15) is 43.5 Å². The van der Waals surface area contributed by atoms with E-state index in [2.05, 4.69) is 18.5 Å². The van der Waals surface area contributed by atoms with Gasteiger partial charge in [0.05, 0.1) is 67.4 Å². The minimum Gasteiger partial charge on any atom is -0.481 e. The molecule has 11 N–H and O–H groups in total. The molecule has 0 aromatic heterocycles. The summed E-state index contributed by atoms with van der Waals surface area (Å²) in [5.74, 6) is -7.36. The quantitative estimate of drug-likeness (QED) is 0.0898. The molecule has 0 saturated carbocycles. The summed E-state index contributed by atoms with van der Waals surface area (Å²) >= 11 is 0. The molecule has 3 rings (SSSR count). The van der Waals surface area contributed by atoms with E-state index in [1.54, 1.807) is 86.8 Å². The van der Waals surface area contributed by atoms with Crippen LogP contribution in [0.3, 0.4) is 0 Å². The number of aliphatic hydroxyl groups is 9. The lowest BCUT2D eigenvalue weighted by Crippen LogP contribution is -2.64. The van der Waals surface area contributed by atoms with Gasteiger partial charge in [0.25, 0.3) is 0 Å². The lowest BCUT2D eigenvalue weighted by molar-refractivity contribution is -0.309. The van der Waals surface area contributed by atoms with E-state index in [0.29, 0.717) is 0 Å². The van der Waals surface area contributed by atoms with Crippen LogP contribution in [0.25, 0.3) is 0 Å². The molecule has 22 heteroatoms. The lowest BCUT2D eigenvalue weighted by atomic mass is 9.82. The number of esters is 1. The smallest absolute Gasteiger partial charge is 0.481 e. The SMILES string of the molecule is C=CCOC(=O)N[C@@H]1[C@H](O)[C@H](O[C@H]2/C=C/C=C/C=C/C=C/C=C/C=C/C=C/[C@H](C)[C@@H](O)[C@@H](C)[C@H](C)OC(=O)C[C@H](O)C[C@H](O)CC[C@@H](O)[C@H](O)C[C@H](O)C[C@]3(O)C[C@H](OC(=O)OCC=C)[C@@H](C(=O)O)[C@H](C2)O3)O[C@H](C)[C@H]1O. The van der Waals surface area contributed by atoms with E-state index in [-0.39, 0.29) is 38.4 Å². The van der Waals surface area contributed by atoms with Gasteiger partial charge in [-0.3, -0.25) is 9.59 Å². The Labute approximate surface area is 449 Å². The molecule has 0 aromatic rings. The van der Waals surface area contributed by atoms with Crippen molar-refractivity contribution in [3.8, 4) is 0 Å². The van der Waals surface area contributed by atoms with Crippen molar-refractivity contribution in [2.75, 3.05) is 13.2 Å². The number of carboxylic acid groups (broad SMARTS) is 1. The molecule has 19 atom stereocenters. The fourth-order valence-electron chi connectivity index (χ4n) is 8.79. The average molecular weight is 1090 g/mol. The van der Waals surface area contributed by atoms with E-state index in [4.69, 9.17) is 33.2 Å². The van der Waals surface area contributed by atoms with Gasteiger partial charge in [-0.2, -0.15) is 0 Å². The third-order valence-corrected chi connectivity index (χ3v) is 13.1. The molecule has 1 amide bonds. The van der Waals surface area contributed by atoms with E-state index in [1.165, 1.54) is 31.2 Å². The van der Waals surface area contributed by atoms with E-state index in [1.807, 2.05) is 6.92 Å². The molecular formula is C55H81NO21. The summed E-state index contributed by atoms with van der Waals surface area (Å²) in [6.07, 6.45) is 0.695. The number of amides is 1. The van der Waals surface area contributed by atoms with Crippen molar-refractivity contribution in [1.82, 2.24) is 5.32 Å². The Bertz CT molecular complexity index is 2070. The summed E-state index contributed by atoms with van der Waals surface area (Å²) in [5.41, 5.74) is 0. The molecule has 0 radical (unpaired) electrons. The van der Waals surface area contributed by atoms with Gasteiger partial charge in [0.2, 0.25) is 0 Å². The van der Waals surface area contributed by atoms with Crippen LogP contribution in [0.5, 0.6) is 0 Å². The normalized spacial score (nSPS) is 39.8. The molecular weight excluding hydrogens is 1010 g/mol. The molecule has 0 aliphatic carbocycles. The van der Waals surface area contributed by atoms with Crippen LogP contribution >= 0.6 is 0 Å². The zero-order valence-electron chi connectivity index (χ0n) is 44.1. The molecule has 2 saturated heterocycles. The molecule has 0 spiro atoms. The minimum absolute atomic E-state index is 0.160. The van der Waals surface area contributed by atoms with Crippen LogP contribution < -0.4 is 5.32 Å². The number of fused-ring (bicyclic) bond motifs is 2. The topological polar surface area (TPSA) is 347 Å². The first-order valence-electron chi connectivity index (χ1n) is 25.7. The molecule has 2 bridgehead atoms. The van der Waals surface area contributed by atoms with Crippen molar-refractivity contribution in [2.45, 2.75) is 177 Å². The monoisotopic (exact) mass is 1090 g/mol. The van der Waals surface area contributed by atoms with Gasteiger partial charge in [-0.05, 0) is 33.1 Å². The first-order valence-corrected chi connectivity index (χ1v) is 25.7. The van der Waals surface area contributed by atoms with E-state index in [0.717, 1.165) is 0 Å². The van der Waals surface area contributed by atoms with Crippen molar-refractivity contribution in [2.24, 2.45) is 17.8 Å². The van der Waals surface area contributed by atoms with Crippen LogP contribution in [0.1, 0.15) is 79.1 Å². The maximum atomic E-state index is 13.1. The number of cyclic esters (lactones) is 1. The predicted octanol–water partition coefficient (Wildman–Crippen LogP) is 3.01. The second-order valence-electron chi connectivity index (χ2n) is 19.5. The number of hydrogen-bond acceptors (Lipinski definition) is 20. The van der Waals surface area contributed by atoms with Gasteiger partial charge in [-0.15, -0.1) is 0 Å². The first-order chi connectivity index (χ1) is 36.5. The third-order valence-electron chi connectivity index (χ3n) is 13.1. The Morgan fingerprint density at radius 1 is 0.701 bits per heavy atom. The van der Waals surface area contributed by atoms with Crippen molar-refractivity contribution in [3.63, 3.8) is 0 Å². The lowest BCUT2D eigenvalue weighted by Gasteiger charge is -2.46. The van der Waals surface area contributed by atoms with E-state index >= 15 is 0 Å². The number of rotatable bonds is 9. The Morgan fingerprint density at radius 2 is 1.29 bits per heavy atom. The largest absolute Gasteiger partial charge is 0.508 e. The van der Waals surface area contributed by atoms with Gasteiger partial charge in [-0.25, -0.2) is 9.59 Å². The Hall–Kier alpha value is -5.34. The maximum Gasteiger partial charge on any atom is 0.508 e. The number of carboxylic acids is 1. The molecule has 22 nitrogen and oxygen atoms in total.